The molecule has 2 amide bonds. The van der Waals surface area contributed by atoms with E-state index in [1.165, 1.54) is 4.90 Å². The molecule has 1 N–H and O–H groups in total. The van der Waals surface area contributed by atoms with Gasteiger partial charge in [0.2, 0.25) is 5.91 Å². The highest BCUT2D eigenvalue weighted by molar-refractivity contribution is 6.30. The highest BCUT2D eigenvalue weighted by Gasteiger charge is 2.27. The molecule has 0 aliphatic carbocycles. The van der Waals surface area contributed by atoms with Gasteiger partial charge in [-0.25, -0.2) is 0 Å². The highest BCUT2D eigenvalue weighted by Crippen LogP contribution is 2.18. The van der Waals surface area contributed by atoms with E-state index >= 15 is 0 Å². The van der Waals surface area contributed by atoms with E-state index in [1.54, 1.807) is 19.1 Å². The van der Waals surface area contributed by atoms with Crippen LogP contribution in [0.3, 0.4) is 0 Å². The van der Waals surface area contributed by atoms with Gasteiger partial charge in [0.1, 0.15) is 11.8 Å². The van der Waals surface area contributed by atoms with E-state index in [4.69, 9.17) is 16.3 Å². The lowest BCUT2D eigenvalue weighted by molar-refractivity contribution is -0.142. The van der Waals surface area contributed by atoms with E-state index < -0.39 is 6.04 Å². The average Bonchev–Trinajstić information content (AvgIpc) is 2.64. The Hall–Kier alpha value is -2.53. The number of hydrogen-bond acceptors (Lipinski definition) is 3. The Bertz CT molecular complexity index is 823. The van der Waals surface area contributed by atoms with E-state index in [0.29, 0.717) is 10.8 Å². The van der Waals surface area contributed by atoms with E-state index in [1.807, 2.05) is 57.2 Å². The molecule has 0 spiro atoms. The minimum Gasteiger partial charge on any atom is -0.484 e. The molecule has 2 aromatic rings. The number of ether oxygens (including phenoxy) is 1. The van der Waals surface area contributed by atoms with Crippen molar-refractivity contribution in [1.82, 2.24) is 10.2 Å². The second kappa shape index (κ2) is 10.1. The molecule has 0 aliphatic heterocycles. The summed E-state index contributed by atoms with van der Waals surface area (Å²) in [5.41, 5.74) is 1.79. The third kappa shape index (κ3) is 6.27. The first-order valence-electron chi connectivity index (χ1n) is 9.30. The van der Waals surface area contributed by atoms with Gasteiger partial charge >= 0.3 is 0 Å². The fourth-order valence-electron chi connectivity index (χ4n) is 2.76. The van der Waals surface area contributed by atoms with Gasteiger partial charge in [0, 0.05) is 17.6 Å². The predicted molar refractivity (Wildman–Crippen MR) is 111 cm³/mol. The third-order valence-corrected chi connectivity index (χ3v) is 4.52. The van der Waals surface area contributed by atoms with Crippen molar-refractivity contribution < 1.29 is 14.3 Å². The first-order chi connectivity index (χ1) is 13.3. The quantitative estimate of drug-likeness (QED) is 0.726. The maximum Gasteiger partial charge on any atom is 0.261 e. The Balaban J connectivity index is 2.17. The Labute approximate surface area is 171 Å². The number of nitrogens with zero attached hydrogens (tertiary/aromatic N) is 1. The zero-order chi connectivity index (χ0) is 20.7. The molecular formula is C22H27ClN2O3. The summed E-state index contributed by atoms with van der Waals surface area (Å²) in [7, 11) is 0. The average molecular weight is 403 g/mol. The first kappa shape index (κ1) is 21.8. The van der Waals surface area contributed by atoms with Crippen LogP contribution in [-0.4, -0.2) is 35.4 Å². The number of benzene rings is 2. The zero-order valence-corrected chi connectivity index (χ0v) is 17.5. The fraction of sp³-hybridized carbons (Fsp3) is 0.364. The lowest BCUT2D eigenvalue weighted by Gasteiger charge is -2.29. The molecule has 0 fully saturated rings. The molecule has 1 atom stereocenters. The summed E-state index contributed by atoms with van der Waals surface area (Å²) in [5.74, 6) is 0.175. The van der Waals surface area contributed by atoms with E-state index in [9.17, 15) is 9.59 Å². The van der Waals surface area contributed by atoms with Crippen molar-refractivity contribution in [3.63, 3.8) is 0 Å². The summed E-state index contributed by atoms with van der Waals surface area (Å²) in [5, 5.41) is 3.44. The lowest BCUT2D eigenvalue weighted by atomic mass is 10.1. The molecule has 0 bridgehead atoms. The van der Waals surface area contributed by atoms with Gasteiger partial charge < -0.3 is 15.0 Å². The molecule has 0 aromatic heterocycles. The van der Waals surface area contributed by atoms with Crippen molar-refractivity contribution in [2.45, 2.75) is 46.3 Å². The minimum absolute atomic E-state index is 0.0127. The highest BCUT2D eigenvalue weighted by atomic mass is 35.5. The van der Waals surface area contributed by atoms with Gasteiger partial charge in [-0.3, -0.25) is 9.59 Å². The molecule has 0 saturated carbocycles. The van der Waals surface area contributed by atoms with Crippen LogP contribution in [-0.2, 0) is 16.1 Å². The Morgan fingerprint density at radius 1 is 1.11 bits per heavy atom. The smallest absolute Gasteiger partial charge is 0.261 e. The van der Waals surface area contributed by atoms with Crippen LogP contribution in [0.2, 0.25) is 5.02 Å². The van der Waals surface area contributed by atoms with E-state index in [-0.39, 0.29) is 31.0 Å². The normalized spacial score (nSPS) is 11.8. The first-order valence-corrected chi connectivity index (χ1v) is 9.68. The largest absolute Gasteiger partial charge is 0.484 e. The summed E-state index contributed by atoms with van der Waals surface area (Å²) >= 11 is 6.07. The van der Waals surface area contributed by atoms with Crippen molar-refractivity contribution >= 4 is 23.4 Å². The molecule has 28 heavy (non-hydrogen) atoms. The molecule has 6 heteroatoms. The van der Waals surface area contributed by atoms with Crippen molar-refractivity contribution in [3.05, 3.63) is 64.7 Å². The van der Waals surface area contributed by atoms with Gasteiger partial charge in [-0.2, -0.15) is 0 Å². The monoisotopic (exact) mass is 402 g/mol. The predicted octanol–water partition coefficient (Wildman–Crippen LogP) is 3.97. The number of rotatable bonds is 8. The third-order valence-electron chi connectivity index (χ3n) is 4.28. The van der Waals surface area contributed by atoms with Crippen LogP contribution < -0.4 is 10.1 Å². The van der Waals surface area contributed by atoms with Crippen LogP contribution in [0.5, 0.6) is 5.75 Å². The fourth-order valence-corrected chi connectivity index (χ4v) is 2.97. The van der Waals surface area contributed by atoms with Crippen LogP contribution in [0.15, 0.2) is 48.5 Å². The zero-order valence-electron chi connectivity index (χ0n) is 16.7. The van der Waals surface area contributed by atoms with Gasteiger partial charge in [-0.1, -0.05) is 41.9 Å². The molecule has 150 valence electrons. The number of carbonyl (C=O) groups excluding carboxylic acids is 2. The second-order valence-electron chi connectivity index (χ2n) is 7.04. The minimum atomic E-state index is -0.644. The van der Waals surface area contributed by atoms with Crippen molar-refractivity contribution in [3.8, 4) is 5.75 Å². The molecule has 0 radical (unpaired) electrons. The molecule has 5 nitrogen and oxygen atoms in total. The van der Waals surface area contributed by atoms with E-state index in [2.05, 4.69) is 5.32 Å². The number of nitrogens with one attached hydrogen (secondary N) is 1. The molecule has 2 aromatic carbocycles. The standard InChI is InChI=1S/C22H27ClN2O3/c1-15(2)24-22(27)17(4)25(13-18-9-7-10-19(23)12-18)21(26)14-28-20-11-6-5-8-16(20)3/h5-12,15,17H,13-14H2,1-4H3,(H,24,27)/t17-/m1/s1. The van der Waals surface area contributed by atoms with Crippen LogP contribution in [0.25, 0.3) is 0 Å². The SMILES string of the molecule is Cc1ccccc1OCC(=O)N(Cc1cccc(Cl)c1)[C@H](C)C(=O)NC(C)C. The number of amides is 2. The summed E-state index contributed by atoms with van der Waals surface area (Å²) in [6.07, 6.45) is 0. The maximum absolute atomic E-state index is 12.9. The van der Waals surface area contributed by atoms with Crippen molar-refractivity contribution in [1.29, 1.82) is 0 Å². The van der Waals surface area contributed by atoms with Crippen LogP contribution in [0.1, 0.15) is 31.9 Å². The molecular weight excluding hydrogens is 376 g/mol. The maximum atomic E-state index is 12.9. The summed E-state index contributed by atoms with van der Waals surface area (Å²) < 4.78 is 5.70. The molecule has 0 aliphatic rings. The van der Waals surface area contributed by atoms with Gasteiger partial charge in [0.25, 0.3) is 5.91 Å². The number of para-hydroxylation sites is 1. The van der Waals surface area contributed by atoms with Gasteiger partial charge in [-0.15, -0.1) is 0 Å². The Kier molecular flexibility index (Phi) is 7.88. The number of halogens is 1. The Morgan fingerprint density at radius 2 is 1.82 bits per heavy atom. The Morgan fingerprint density at radius 3 is 2.46 bits per heavy atom. The number of hydrogen-bond donors (Lipinski definition) is 1. The lowest BCUT2D eigenvalue weighted by Crippen LogP contribution is -2.50. The summed E-state index contributed by atoms with van der Waals surface area (Å²) in [4.78, 5) is 27.0. The summed E-state index contributed by atoms with van der Waals surface area (Å²) in [6.45, 7) is 7.52. The topological polar surface area (TPSA) is 58.6 Å². The van der Waals surface area contributed by atoms with Crippen LogP contribution in [0.4, 0.5) is 0 Å². The van der Waals surface area contributed by atoms with Crippen molar-refractivity contribution in [2.24, 2.45) is 0 Å². The number of aryl methyl sites for hydroxylation is 1. The van der Waals surface area contributed by atoms with Gasteiger partial charge in [0.15, 0.2) is 6.61 Å². The molecule has 2 rings (SSSR count). The van der Waals surface area contributed by atoms with Gasteiger partial charge in [-0.05, 0) is 57.0 Å². The number of carbonyl (C=O) groups is 2. The molecule has 0 saturated heterocycles. The van der Waals surface area contributed by atoms with Crippen LogP contribution in [0, 0.1) is 6.92 Å². The van der Waals surface area contributed by atoms with Crippen LogP contribution >= 0.6 is 11.6 Å². The van der Waals surface area contributed by atoms with E-state index in [0.717, 1.165) is 11.1 Å². The second-order valence-corrected chi connectivity index (χ2v) is 7.48. The van der Waals surface area contributed by atoms with Gasteiger partial charge in [0.05, 0.1) is 0 Å². The summed E-state index contributed by atoms with van der Waals surface area (Å²) in [6, 6.07) is 14.1. The molecule has 0 heterocycles. The van der Waals surface area contributed by atoms with Crippen molar-refractivity contribution in [2.75, 3.05) is 6.61 Å². The molecule has 0 unspecified atom stereocenters.